The lowest BCUT2D eigenvalue weighted by atomic mass is 10.3. The van der Waals surface area contributed by atoms with E-state index in [0.29, 0.717) is 11.4 Å². The standard InChI is InChI=1S/C12H12N2O2S/c1-10-12(8-5-9-13-10)17(15,16)14-11-6-3-2-4-7-11/h2-9,14H,1H3. The molecule has 0 saturated carbocycles. The zero-order valence-corrected chi connectivity index (χ0v) is 10.1. The van der Waals surface area contributed by atoms with Gasteiger partial charge in [0, 0.05) is 11.9 Å². The number of rotatable bonds is 3. The number of hydrogen-bond donors (Lipinski definition) is 1. The number of benzene rings is 1. The number of sulfonamides is 1. The van der Waals surface area contributed by atoms with Gasteiger partial charge in [-0.3, -0.25) is 9.71 Å². The lowest BCUT2D eigenvalue weighted by molar-refractivity contribution is 0.600. The van der Waals surface area contributed by atoms with E-state index in [1.54, 1.807) is 43.5 Å². The minimum atomic E-state index is -3.56. The average Bonchev–Trinajstić information content (AvgIpc) is 2.30. The summed E-state index contributed by atoms with van der Waals surface area (Å²) in [7, 11) is -3.56. The molecule has 0 aliphatic rings. The number of para-hydroxylation sites is 1. The number of nitrogens with zero attached hydrogens (tertiary/aromatic N) is 1. The van der Waals surface area contributed by atoms with E-state index in [0.717, 1.165) is 0 Å². The topological polar surface area (TPSA) is 59.1 Å². The third-order valence-corrected chi connectivity index (χ3v) is 3.79. The molecule has 5 heteroatoms. The van der Waals surface area contributed by atoms with Crippen molar-refractivity contribution >= 4 is 15.7 Å². The molecule has 0 fully saturated rings. The molecular formula is C12H12N2O2S. The number of nitrogens with one attached hydrogen (secondary N) is 1. The molecule has 2 rings (SSSR count). The van der Waals surface area contributed by atoms with Crippen LogP contribution in [0.1, 0.15) is 5.69 Å². The highest BCUT2D eigenvalue weighted by atomic mass is 32.2. The Morgan fingerprint density at radius 1 is 1.06 bits per heavy atom. The predicted octanol–water partition coefficient (Wildman–Crippen LogP) is 2.19. The first-order valence-corrected chi connectivity index (χ1v) is 6.57. The van der Waals surface area contributed by atoms with E-state index in [9.17, 15) is 8.42 Å². The third-order valence-electron chi connectivity index (χ3n) is 2.27. The smallest absolute Gasteiger partial charge is 0.263 e. The van der Waals surface area contributed by atoms with Crippen molar-refractivity contribution < 1.29 is 8.42 Å². The molecule has 0 aliphatic carbocycles. The predicted molar refractivity (Wildman–Crippen MR) is 66.2 cm³/mol. The van der Waals surface area contributed by atoms with Gasteiger partial charge >= 0.3 is 0 Å². The molecule has 0 amide bonds. The maximum absolute atomic E-state index is 12.1. The molecule has 1 heterocycles. The van der Waals surface area contributed by atoms with Gasteiger partial charge in [0.05, 0.1) is 5.69 Å². The Labute approximate surface area is 100 Å². The molecule has 0 saturated heterocycles. The van der Waals surface area contributed by atoms with Gasteiger partial charge in [-0.1, -0.05) is 18.2 Å². The molecular weight excluding hydrogens is 236 g/mol. The second kappa shape index (κ2) is 4.55. The van der Waals surface area contributed by atoms with Gasteiger partial charge in [0.1, 0.15) is 4.90 Å². The summed E-state index contributed by atoms with van der Waals surface area (Å²) in [5.74, 6) is 0. The Bertz CT molecular complexity index is 609. The van der Waals surface area contributed by atoms with E-state index >= 15 is 0 Å². The minimum Gasteiger partial charge on any atom is -0.280 e. The Morgan fingerprint density at radius 3 is 2.41 bits per heavy atom. The molecule has 1 N–H and O–H groups in total. The van der Waals surface area contributed by atoms with Crippen molar-refractivity contribution in [3.8, 4) is 0 Å². The van der Waals surface area contributed by atoms with Gasteiger partial charge in [0.2, 0.25) is 0 Å². The van der Waals surface area contributed by atoms with Crippen LogP contribution in [0.4, 0.5) is 5.69 Å². The van der Waals surface area contributed by atoms with E-state index < -0.39 is 10.0 Å². The van der Waals surface area contributed by atoms with Gasteiger partial charge in [0.15, 0.2) is 0 Å². The molecule has 1 aromatic heterocycles. The van der Waals surface area contributed by atoms with Crippen LogP contribution in [0.2, 0.25) is 0 Å². The summed E-state index contributed by atoms with van der Waals surface area (Å²) in [5, 5.41) is 0. The van der Waals surface area contributed by atoms with Gasteiger partial charge in [-0.15, -0.1) is 0 Å². The Kier molecular flexibility index (Phi) is 3.10. The third kappa shape index (κ3) is 2.62. The van der Waals surface area contributed by atoms with Crippen molar-refractivity contribution in [2.24, 2.45) is 0 Å². The number of hydrogen-bond acceptors (Lipinski definition) is 3. The molecule has 1 aromatic carbocycles. The molecule has 2 aromatic rings. The summed E-state index contributed by atoms with van der Waals surface area (Å²) < 4.78 is 26.7. The van der Waals surface area contributed by atoms with Crippen LogP contribution in [0.15, 0.2) is 53.6 Å². The van der Waals surface area contributed by atoms with Gasteiger partial charge in [-0.25, -0.2) is 8.42 Å². The highest BCUT2D eigenvalue weighted by molar-refractivity contribution is 7.92. The van der Waals surface area contributed by atoms with E-state index in [4.69, 9.17) is 0 Å². The van der Waals surface area contributed by atoms with Gasteiger partial charge in [-0.05, 0) is 31.2 Å². The van der Waals surface area contributed by atoms with Crippen LogP contribution in [-0.4, -0.2) is 13.4 Å². The monoisotopic (exact) mass is 248 g/mol. The van der Waals surface area contributed by atoms with E-state index in [1.807, 2.05) is 6.07 Å². The molecule has 0 aliphatic heterocycles. The lowest BCUT2D eigenvalue weighted by Crippen LogP contribution is -2.14. The molecule has 0 spiro atoms. The summed E-state index contributed by atoms with van der Waals surface area (Å²) in [6.45, 7) is 1.67. The second-order valence-corrected chi connectivity index (χ2v) is 5.21. The van der Waals surface area contributed by atoms with Gasteiger partial charge in [0.25, 0.3) is 10.0 Å². The normalized spacial score (nSPS) is 11.1. The maximum Gasteiger partial charge on any atom is 0.263 e. The molecule has 0 radical (unpaired) electrons. The highest BCUT2D eigenvalue weighted by Crippen LogP contribution is 2.16. The molecule has 0 atom stereocenters. The zero-order chi connectivity index (χ0) is 12.3. The van der Waals surface area contributed by atoms with Crippen LogP contribution in [0.5, 0.6) is 0 Å². The van der Waals surface area contributed by atoms with Gasteiger partial charge < -0.3 is 0 Å². The minimum absolute atomic E-state index is 0.198. The zero-order valence-electron chi connectivity index (χ0n) is 9.29. The molecule has 0 unspecified atom stereocenters. The number of aromatic nitrogens is 1. The quantitative estimate of drug-likeness (QED) is 0.905. The van der Waals surface area contributed by atoms with Crippen molar-refractivity contribution in [1.29, 1.82) is 0 Å². The maximum atomic E-state index is 12.1. The Morgan fingerprint density at radius 2 is 1.76 bits per heavy atom. The van der Waals surface area contributed by atoms with Crippen LogP contribution in [0, 0.1) is 6.92 Å². The summed E-state index contributed by atoms with van der Waals surface area (Å²) in [5.41, 5.74) is 1.02. The van der Waals surface area contributed by atoms with Crippen molar-refractivity contribution in [2.45, 2.75) is 11.8 Å². The van der Waals surface area contributed by atoms with Gasteiger partial charge in [-0.2, -0.15) is 0 Å². The summed E-state index contributed by atoms with van der Waals surface area (Å²) in [6.07, 6.45) is 1.57. The highest BCUT2D eigenvalue weighted by Gasteiger charge is 2.16. The summed E-state index contributed by atoms with van der Waals surface area (Å²) >= 11 is 0. The fraction of sp³-hybridized carbons (Fsp3) is 0.0833. The van der Waals surface area contributed by atoms with E-state index in [1.165, 1.54) is 6.07 Å². The molecule has 88 valence electrons. The molecule has 17 heavy (non-hydrogen) atoms. The first-order valence-electron chi connectivity index (χ1n) is 5.09. The van der Waals surface area contributed by atoms with Crippen molar-refractivity contribution in [1.82, 2.24) is 4.98 Å². The van der Waals surface area contributed by atoms with Crippen LogP contribution in [0.25, 0.3) is 0 Å². The first kappa shape index (κ1) is 11.6. The van der Waals surface area contributed by atoms with Crippen molar-refractivity contribution in [3.63, 3.8) is 0 Å². The first-order chi connectivity index (χ1) is 8.09. The van der Waals surface area contributed by atoms with Crippen LogP contribution < -0.4 is 4.72 Å². The Balaban J connectivity index is 2.36. The lowest BCUT2D eigenvalue weighted by Gasteiger charge is -2.09. The number of aryl methyl sites for hydroxylation is 1. The molecule has 0 bridgehead atoms. The largest absolute Gasteiger partial charge is 0.280 e. The van der Waals surface area contributed by atoms with Crippen LogP contribution in [0.3, 0.4) is 0 Å². The van der Waals surface area contributed by atoms with E-state index in [2.05, 4.69) is 9.71 Å². The SMILES string of the molecule is Cc1ncccc1S(=O)(=O)Nc1ccccc1. The summed E-state index contributed by atoms with van der Waals surface area (Å²) in [6, 6.07) is 11.9. The number of pyridine rings is 1. The fourth-order valence-electron chi connectivity index (χ4n) is 1.47. The van der Waals surface area contributed by atoms with Crippen LogP contribution in [-0.2, 0) is 10.0 Å². The average molecular weight is 248 g/mol. The van der Waals surface area contributed by atoms with Crippen LogP contribution >= 0.6 is 0 Å². The van der Waals surface area contributed by atoms with E-state index in [-0.39, 0.29) is 4.90 Å². The van der Waals surface area contributed by atoms with Crippen molar-refractivity contribution in [3.05, 3.63) is 54.4 Å². The molecule has 4 nitrogen and oxygen atoms in total. The van der Waals surface area contributed by atoms with Crippen molar-refractivity contribution in [2.75, 3.05) is 4.72 Å². The summed E-state index contributed by atoms with van der Waals surface area (Å²) in [4.78, 5) is 4.17. The second-order valence-electron chi connectivity index (χ2n) is 3.56. The number of anilines is 1. The fourth-order valence-corrected chi connectivity index (χ4v) is 2.73. The Hall–Kier alpha value is -1.88.